The van der Waals surface area contributed by atoms with E-state index < -0.39 is 9.84 Å². The van der Waals surface area contributed by atoms with Gasteiger partial charge < -0.3 is 0 Å². The fourth-order valence-corrected chi connectivity index (χ4v) is 3.69. The minimum atomic E-state index is -2.67. The molecule has 0 aliphatic heterocycles. The van der Waals surface area contributed by atoms with Crippen LogP contribution in [0.5, 0.6) is 0 Å². The Balaban J connectivity index is 0.000000431. The van der Waals surface area contributed by atoms with Crippen LogP contribution in [0.2, 0.25) is 0 Å². The Morgan fingerprint density at radius 1 is 0.724 bits per heavy atom. The number of sulfone groups is 1. The molecule has 1 aliphatic carbocycles. The Morgan fingerprint density at radius 3 is 2.07 bits per heavy atom. The van der Waals surface area contributed by atoms with Crippen molar-refractivity contribution in [2.75, 3.05) is 12.5 Å². The molecule has 1 aliphatic rings. The van der Waals surface area contributed by atoms with Gasteiger partial charge in [0, 0.05) is 12.5 Å². The van der Waals surface area contributed by atoms with E-state index in [1.807, 2.05) is 0 Å². The lowest BCUT2D eigenvalue weighted by atomic mass is 9.91. The van der Waals surface area contributed by atoms with E-state index in [9.17, 15) is 8.42 Å². The van der Waals surface area contributed by atoms with Crippen molar-refractivity contribution in [3.05, 3.63) is 106 Å². The average molecular weight is 405 g/mol. The maximum absolute atomic E-state index is 9.63. The predicted molar refractivity (Wildman–Crippen MR) is 124 cm³/mol. The van der Waals surface area contributed by atoms with Gasteiger partial charge in [0.1, 0.15) is 9.84 Å². The molecule has 3 heteroatoms. The van der Waals surface area contributed by atoms with Crippen LogP contribution >= 0.6 is 0 Å². The van der Waals surface area contributed by atoms with Gasteiger partial charge in [0.05, 0.1) is 0 Å². The van der Waals surface area contributed by atoms with E-state index in [0.717, 1.165) is 25.4 Å². The van der Waals surface area contributed by atoms with Crippen molar-refractivity contribution in [2.45, 2.75) is 26.7 Å². The predicted octanol–water partition coefficient (Wildman–Crippen LogP) is 5.65. The zero-order valence-electron chi connectivity index (χ0n) is 17.6. The van der Waals surface area contributed by atoms with Crippen molar-refractivity contribution >= 4 is 21.5 Å². The lowest BCUT2D eigenvalue weighted by Crippen LogP contribution is -1.93. The van der Waals surface area contributed by atoms with E-state index in [1.54, 1.807) is 0 Å². The van der Waals surface area contributed by atoms with Gasteiger partial charge in [-0.15, -0.1) is 0 Å². The monoisotopic (exact) mass is 404 g/mol. The number of hydrogen-bond acceptors (Lipinski definition) is 2. The van der Waals surface area contributed by atoms with Crippen LogP contribution in [0, 0.1) is 13.8 Å². The van der Waals surface area contributed by atoms with Crippen LogP contribution in [0.25, 0.3) is 11.6 Å². The first-order valence-corrected chi connectivity index (χ1v) is 12.1. The minimum absolute atomic E-state index is 1.11. The molecule has 0 bridgehead atoms. The number of rotatable bonds is 1. The van der Waals surface area contributed by atoms with Crippen molar-refractivity contribution < 1.29 is 8.42 Å². The highest BCUT2D eigenvalue weighted by Crippen LogP contribution is 2.35. The second kappa shape index (κ2) is 8.79. The summed E-state index contributed by atoms with van der Waals surface area (Å²) in [6.07, 6.45) is 6.89. The van der Waals surface area contributed by atoms with E-state index in [-0.39, 0.29) is 0 Å². The Hall–Kier alpha value is -2.65. The summed E-state index contributed by atoms with van der Waals surface area (Å²) < 4.78 is 19.3. The molecule has 4 rings (SSSR count). The lowest BCUT2D eigenvalue weighted by molar-refractivity contribution is 0.607. The van der Waals surface area contributed by atoms with Crippen LogP contribution in [0.15, 0.2) is 66.7 Å². The number of hydrogen-bond donors (Lipinski definition) is 0. The first kappa shape index (κ1) is 21.1. The van der Waals surface area contributed by atoms with E-state index >= 15 is 0 Å². The van der Waals surface area contributed by atoms with Crippen LogP contribution < -0.4 is 0 Å². The van der Waals surface area contributed by atoms with E-state index in [1.165, 1.54) is 44.5 Å². The molecule has 0 unspecified atom stereocenters. The van der Waals surface area contributed by atoms with Crippen molar-refractivity contribution in [3.8, 4) is 0 Å². The van der Waals surface area contributed by atoms with Gasteiger partial charge in [-0.3, -0.25) is 0 Å². The second-order valence-corrected chi connectivity index (χ2v) is 10.2. The molecule has 0 amide bonds. The van der Waals surface area contributed by atoms with Crippen molar-refractivity contribution in [1.82, 2.24) is 0 Å². The van der Waals surface area contributed by atoms with Gasteiger partial charge in [-0.05, 0) is 66.2 Å². The van der Waals surface area contributed by atoms with Crippen molar-refractivity contribution in [1.29, 1.82) is 0 Å². The van der Waals surface area contributed by atoms with Crippen LogP contribution in [-0.4, -0.2) is 20.9 Å². The van der Waals surface area contributed by atoms with Gasteiger partial charge in [-0.25, -0.2) is 8.42 Å². The van der Waals surface area contributed by atoms with Gasteiger partial charge in [-0.1, -0.05) is 77.9 Å². The van der Waals surface area contributed by atoms with E-state index in [0.29, 0.717) is 0 Å². The SMILES string of the molecule is CS(C)(=O)=O.Cc1cccc(/C=C2\c3ccccc3CCc3cc(C)ccc32)c1. The molecule has 3 aromatic rings. The molecule has 150 valence electrons. The molecule has 2 nitrogen and oxygen atoms in total. The highest BCUT2D eigenvalue weighted by atomic mass is 32.2. The maximum Gasteiger partial charge on any atom is 0.144 e. The van der Waals surface area contributed by atoms with Gasteiger partial charge in [0.15, 0.2) is 0 Å². The van der Waals surface area contributed by atoms with E-state index in [4.69, 9.17) is 0 Å². The minimum Gasteiger partial charge on any atom is -0.229 e. The number of benzene rings is 3. The largest absolute Gasteiger partial charge is 0.229 e. The quantitative estimate of drug-likeness (QED) is 0.525. The molecule has 29 heavy (non-hydrogen) atoms. The summed E-state index contributed by atoms with van der Waals surface area (Å²) in [4.78, 5) is 0. The summed E-state index contributed by atoms with van der Waals surface area (Å²) >= 11 is 0. The van der Waals surface area contributed by atoms with E-state index in [2.05, 4.69) is 86.7 Å². The summed E-state index contributed by atoms with van der Waals surface area (Å²) in [5.41, 5.74) is 10.9. The lowest BCUT2D eigenvalue weighted by Gasteiger charge is -2.13. The van der Waals surface area contributed by atoms with Gasteiger partial charge in [0.25, 0.3) is 0 Å². The fraction of sp³-hybridized carbons (Fsp3) is 0.231. The van der Waals surface area contributed by atoms with Crippen LogP contribution in [0.1, 0.15) is 38.9 Å². The molecule has 0 aromatic heterocycles. The standard InChI is InChI=1S/C24H22.C2H6O2S/c1-17-6-5-7-19(14-17)16-24-22-9-4-3-8-20(22)11-12-21-15-18(2)10-13-23(21)24;1-5(2,3)4/h3-10,13-16H,11-12H2,1-2H3;1-2H3/b24-16+;. The first-order chi connectivity index (χ1) is 13.7. The number of aryl methyl sites for hydroxylation is 4. The Bertz CT molecular complexity index is 1150. The number of fused-ring (bicyclic) bond motifs is 2. The molecule has 0 spiro atoms. The molecule has 0 heterocycles. The zero-order chi connectivity index (χ0) is 21.0. The summed E-state index contributed by atoms with van der Waals surface area (Å²) in [7, 11) is -2.67. The van der Waals surface area contributed by atoms with Gasteiger partial charge >= 0.3 is 0 Å². The van der Waals surface area contributed by atoms with Gasteiger partial charge in [-0.2, -0.15) is 0 Å². The molecule has 0 fully saturated rings. The van der Waals surface area contributed by atoms with Crippen molar-refractivity contribution in [2.24, 2.45) is 0 Å². The zero-order valence-corrected chi connectivity index (χ0v) is 18.4. The van der Waals surface area contributed by atoms with Crippen molar-refractivity contribution in [3.63, 3.8) is 0 Å². The highest BCUT2D eigenvalue weighted by molar-refractivity contribution is 7.89. The molecular formula is C26H28O2S. The third-order valence-electron chi connectivity index (χ3n) is 4.88. The second-order valence-electron chi connectivity index (χ2n) is 7.93. The first-order valence-electron chi connectivity index (χ1n) is 9.82. The third kappa shape index (κ3) is 5.91. The van der Waals surface area contributed by atoms with Crippen LogP contribution in [0.4, 0.5) is 0 Å². The topological polar surface area (TPSA) is 34.1 Å². The molecule has 3 aromatic carbocycles. The molecule has 0 radical (unpaired) electrons. The highest BCUT2D eigenvalue weighted by Gasteiger charge is 2.17. The Kier molecular flexibility index (Phi) is 6.39. The van der Waals surface area contributed by atoms with Crippen LogP contribution in [-0.2, 0) is 22.7 Å². The third-order valence-corrected chi connectivity index (χ3v) is 4.88. The normalized spacial score (nSPS) is 14.3. The summed E-state index contributed by atoms with van der Waals surface area (Å²) in [5, 5.41) is 0. The summed E-state index contributed by atoms with van der Waals surface area (Å²) in [6, 6.07) is 24.5. The molecule has 0 saturated carbocycles. The molecular weight excluding hydrogens is 376 g/mol. The molecule has 0 N–H and O–H groups in total. The summed E-state index contributed by atoms with van der Waals surface area (Å²) in [5.74, 6) is 0. The van der Waals surface area contributed by atoms with Crippen LogP contribution in [0.3, 0.4) is 0 Å². The maximum atomic E-state index is 9.63. The van der Waals surface area contributed by atoms with Gasteiger partial charge in [0.2, 0.25) is 0 Å². The smallest absolute Gasteiger partial charge is 0.144 e. The Morgan fingerprint density at radius 2 is 1.34 bits per heavy atom. The Labute approximate surface area is 174 Å². The molecule has 0 atom stereocenters. The average Bonchev–Trinajstić information content (AvgIpc) is 2.78. The fourth-order valence-electron chi connectivity index (χ4n) is 3.69. The summed E-state index contributed by atoms with van der Waals surface area (Å²) in [6.45, 7) is 4.34. The molecule has 0 saturated heterocycles.